The number of nitro benzene ring substituents is 1. The largest absolute Gasteiger partial charge is 0.398 e. The van der Waals surface area contributed by atoms with Crippen molar-refractivity contribution in [3.05, 3.63) is 69.5 Å². The van der Waals surface area contributed by atoms with Crippen molar-refractivity contribution in [2.45, 2.75) is 38.8 Å². The molecule has 0 unspecified atom stereocenters. The number of non-ortho nitro benzene ring substituents is 1. The molecule has 1 saturated carbocycles. The van der Waals surface area contributed by atoms with Crippen LogP contribution in [0.4, 0.5) is 11.4 Å². The number of nitrogens with two attached hydrogens (primary N) is 1. The van der Waals surface area contributed by atoms with Crippen molar-refractivity contribution in [3.8, 4) is 11.3 Å². The van der Waals surface area contributed by atoms with Crippen molar-refractivity contribution in [1.82, 2.24) is 24.9 Å². The maximum atomic E-state index is 11.3. The number of nitrogen functional groups attached to an aromatic ring is 1. The first-order valence-electron chi connectivity index (χ1n) is 12.2. The normalized spacial score (nSPS) is 17.0. The highest BCUT2D eigenvalue weighted by Crippen LogP contribution is 2.48. The summed E-state index contributed by atoms with van der Waals surface area (Å²) in [6.07, 6.45) is 8.31. The third-order valence-corrected chi connectivity index (χ3v) is 7.78. The first-order valence-corrected chi connectivity index (χ1v) is 12.2. The van der Waals surface area contributed by atoms with Gasteiger partial charge in [0, 0.05) is 59.5 Å². The number of nitrogens with zero attached hydrogens (tertiary/aromatic N) is 5. The zero-order valence-electron chi connectivity index (χ0n) is 19.9. The molecule has 1 aliphatic heterocycles. The molecule has 0 bridgehead atoms. The van der Waals surface area contributed by atoms with Gasteiger partial charge in [-0.25, -0.2) is 4.68 Å². The number of rotatable bonds is 7. The summed E-state index contributed by atoms with van der Waals surface area (Å²) < 4.78 is 1.69. The van der Waals surface area contributed by atoms with Crippen molar-refractivity contribution in [2.24, 2.45) is 5.41 Å². The summed E-state index contributed by atoms with van der Waals surface area (Å²) in [5.74, 6) is 0. The maximum absolute atomic E-state index is 11.3. The maximum Gasteiger partial charge on any atom is 0.272 e. The molecule has 4 N–H and O–H groups in total. The molecule has 1 saturated heterocycles. The third-order valence-electron chi connectivity index (χ3n) is 7.78. The second-order valence-electron chi connectivity index (χ2n) is 10.2. The van der Waals surface area contributed by atoms with E-state index in [1.807, 2.05) is 0 Å². The summed E-state index contributed by atoms with van der Waals surface area (Å²) in [6.45, 7) is 3.86. The van der Waals surface area contributed by atoms with Crippen molar-refractivity contribution in [1.29, 1.82) is 5.41 Å². The molecule has 1 spiro atoms. The average Bonchev–Trinajstić information content (AvgIpc) is 3.56. The summed E-state index contributed by atoms with van der Waals surface area (Å²) >= 11 is 0. The van der Waals surface area contributed by atoms with Gasteiger partial charge in [-0.05, 0) is 54.3 Å². The van der Waals surface area contributed by atoms with Gasteiger partial charge in [-0.15, -0.1) is 5.10 Å². The van der Waals surface area contributed by atoms with E-state index in [0.717, 1.165) is 23.8 Å². The first-order chi connectivity index (χ1) is 17.4. The van der Waals surface area contributed by atoms with Crippen molar-refractivity contribution in [2.75, 3.05) is 18.8 Å². The molecule has 0 atom stereocenters. The molecule has 10 nitrogen and oxygen atoms in total. The van der Waals surface area contributed by atoms with E-state index in [1.54, 1.807) is 10.9 Å². The zero-order chi connectivity index (χ0) is 24.9. The van der Waals surface area contributed by atoms with Gasteiger partial charge in [0.15, 0.2) is 0 Å². The molecule has 1 aliphatic carbocycles. The van der Waals surface area contributed by atoms with Gasteiger partial charge in [-0.3, -0.25) is 15.0 Å². The van der Waals surface area contributed by atoms with Crippen molar-refractivity contribution >= 4 is 28.5 Å². The van der Waals surface area contributed by atoms with E-state index in [4.69, 9.17) is 11.1 Å². The SMILES string of the molecule is N=Cc1c(N)cc([N+](=O)[O-])cc1-c1cn(Cc2ccc3cc(CN4CCC5(CCC5)C4)[nH]c3c2)nn1. The highest BCUT2D eigenvalue weighted by Gasteiger charge is 2.42. The number of fused-ring (bicyclic) bond motifs is 1. The average molecular weight is 485 g/mol. The number of anilines is 1. The van der Waals surface area contributed by atoms with Crippen LogP contribution in [0.2, 0.25) is 0 Å². The molecule has 0 radical (unpaired) electrons. The Kier molecular flexibility index (Phi) is 5.33. The molecule has 10 heteroatoms. The number of benzene rings is 2. The zero-order valence-corrected chi connectivity index (χ0v) is 19.9. The molecule has 36 heavy (non-hydrogen) atoms. The Morgan fingerprint density at radius 1 is 1.19 bits per heavy atom. The van der Waals surface area contributed by atoms with Crippen LogP contribution in [0.15, 0.2) is 42.6 Å². The van der Waals surface area contributed by atoms with Gasteiger partial charge >= 0.3 is 0 Å². The molecule has 0 amide bonds. The Morgan fingerprint density at radius 3 is 2.78 bits per heavy atom. The van der Waals surface area contributed by atoms with Crippen molar-refractivity contribution in [3.63, 3.8) is 0 Å². The number of nitro groups is 1. The van der Waals surface area contributed by atoms with E-state index in [0.29, 0.717) is 28.8 Å². The van der Waals surface area contributed by atoms with Crippen LogP contribution >= 0.6 is 0 Å². The van der Waals surface area contributed by atoms with Crippen LogP contribution in [0, 0.1) is 20.9 Å². The van der Waals surface area contributed by atoms with E-state index in [1.165, 1.54) is 62.0 Å². The standard InChI is InChI=1S/C26H28N8O2/c27-12-22-21(10-20(34(35)36)11-23(22)28)25-15-33(31-30-25)13-17-2-3-18-9-19(29-24(18)8-17)14-32-7-6-26(16-32)4-1-5-26/h2-3,8-12,15,27,29H,1,4-7,13-14,16,28H2. The number of hydrogen-bond acceptors (Lipinski definition) is 7. The summed E-state index contributed by atoms with van der Waals surface area (Å²) in [5, 5.41) is 28.6. The quantitative estimate of drug-likeness (QED) is 0.154. The van der Waals surface area contributed by atoms with Crippen molar-refractivity contribution < 1.29 is 4.92 Å². The topological polar surface area (TPSA) is 143 Å². The molecule has 2 fully saturated rings. The molecule has 4 aromatic rings. The minimum Gasteiger partial charge on any atom is -0.398 e. The molecule has 184 valence electrons. The van der Waals surface area contributed by atoms with E-state index >= 15 is 0 Å². The second kappa shape index (κ2) is 8.56. The Bertz CT molecular complexity index is 1480. The van der Waals surface area contributed by atoms with Gasteiger partial charge in [0.05, 0.1) is 17.7 Å². The van der Waals surface area contributed by atoms with Crippen LogP contribution in [0.25, 0.3) is 22.2 Å². The highest BCUT2D eigenvalue weighted by atomic mass is 16.6. The molecular formula is C26H28N8O2. The van der Waals surface area contributed by atoms with Gasteiger partial charge in [0.25, 0.3) is 5.69 Å². The van der Waals surface area contributed by atoms with Crippen LogP contribution in [0.1, 0.15) is 42.5 Å². The van der Waals surface area contributed by atoms with Crippen LogP contribution < -0.4 is 5.73 Å². The predicted molar refractivity (Wildman–Crippen MR) is 138 cm³/mol. The third kappa shape index (κ3) is 4.03. The number of nitrogens with one attached hydrogen (secondary N) is 2. The lowest BCUT2D eigenvalue weighted by molar-refractivity contribution is -0.384. The van der Waals surface area contributed by atoms with E-state index in [2.05, 4.69) is 44.5 Å². The van der Waals surface area contributed by atoms with Gasteiger partial charge in [-0.1, -0.05) is 23.8 Å². The summed E-state index contributed by atoms with van der Waals surface area (Å²) in [5.41, 5.74) is 11.2. The fraction of sp³-hybridized carbons (Fsp3) is 0.346. The smallest absolute Gasteiger partial charge is 0.272 e. The Hall–Kier alpha value is -4.05. The Morgan fingerprint density at radius 2 is 2.06 bits per heavy atom. The fourth-order valence-corrected chi connectivity index (χ4v) is 5.73. The highest BCUT2D eigenvalue weighted by molar-refractivity contribution is 5.95. The Balaban J connectivity index is 1.20. The van der Waals surface area contributed by atoms with E-state index in [9.17, 15) is 10.1 Å². The lowest BCUT2D eigenvalue weighted by Crippen LogP contribution is -2.32. The van der Waals surface area contributed by atoms with Gasteiger partial charge in [-0.2, -0.15) is 0 Å². The molecule has 3 heterocycles. The second-order valence-corrected chi connectivity index (χ2v) is 10.2. The summed E-state index contributed by atoms with van der Waals surface area (Å²) in [7, 11) is 0. The molecule has 6 rings (SSSR count). The van der Waals surface area contributed by atoms with Crippen LogP contribution in [0.5, 0.6) is 0 Å². The number of H-pyrrole nitrogens is 1. The molecule has 2 aromatic heterocycles. The van der Waals surface area contributed by atoms with Gasteiger partial charge in [0.1, 0.15) is 5.69 Å². The minimum atomic E-state index is -0.507. The minimum absolute atomic E-state index is 0.146. The Labute approximate surface area is 207 Å². The molecule has 2 aliphatic rings. The fourth-order valence-electron chi connectivity index (χ4n) is 5.73. The van der Waals surface area contributed by atoms with Gasteiger partial charge in [0.2, 0.25) is 0 Å². The van der Waals surface area contributed by atoms with Gasteiger partial charge < -0.3 is 16.1 Å². The lowest BCUT2D eigenvalue weighted by Gasteiger charge is -2.38. The van der Waals surface area contributed by atoms with Crippen LogP contribution in [-0.4, -0.2) is 49.1 Å². The monoisotopic (exact) mass is 484 g/mol. The number of hydrogen-bond donors (Lipinski definition) is 3. The number of aromatic nitrogens is 4. The summed E-state index contributed by atoms with van der Waals surface area (Å²) in [6, 6.07) is 11.2. The van der Waals surface area contributed by atoms with E-state index in [-0.39, 0.29) is 11.4 Å². The number of aromatic amines is 1. The molecular weight excluding hydrogens is 456 g/mol. The predicted octanol–water partition coefficient (Wildman–Crippen LogP) is 4.34. The van der Waals surface area contributed by atoms with Crippen LogP contribution in [-0.2, 0) is 13.1 Å². The lowest BCUT2D eigenvalue weighted by atomic mass is 9.68. The first kappa shape index (κ1) is 22.4. The summed E-state index contributed by atoms with van der Waals surface area (Å²) in [4.78, 5) is 16.9. The van der Waals surface area contributed by atoms with Crippen LogP contribution in [0.3, 0.4) is 0 Å². The number of likely N-dealkylation sites (tertiary alicyclic amines) is 1. The molecule has 2 aromatic carbocycles. The van der Waals surface area contributed by atoms with E-state index < -0.39 is 4.92 Å².